The fourth-order valence-corrected chi connectivity index (χ4v) is 2.26. The van der Waals surface area contributed by atoms with E-state index in [1.165, 1.54) is 0 Å². The fourth-order valence-electron chi connectivity index (χ4n) is 2.16. The second-order valence-corrected chi connectivity index (χ2v) is 5.55. The summed E-state index contributed by atoms with van der Waals surface area (Å²) < 4.78 is 0. The van der Waals surface area contributed by atoms with Gasteiger partial charge in [0.1, 0.15) is 0 Å². The van der Waals surface area contributed by atoms with Gasteiger partial charge < -0.3 is 10.6 Å². The molecule has 1 aromatic rings. The number of amides is 1. The molecule has 0 aliphatic rings. The number of nitrogens with one attached hydrogen (secondary N) is 2. The first kappa shape index (κ1) is 19.8. The van der Waals surface area contributed by atoms with Crippen LogP contribution in [0.15, 0.2) is 53.7 Å². The number of carbonyl (C=O) groups is 1. The number of thiocarbonyl (C=S) groups is 1. The predicted octanol–water partition coefficient (Wildman–Crippen LogP) is 4.39. The maximum atomic E-state index is 12.0. The van der Waals surface area contributed by atoms with Gasteiger partial charge in [0.15, 0.2) is 0 Å². The van der Waals surface area contributed by atoms with Crippen LogP contribution >= 0.6 is 12.2 Å². The van der Waals surface area contributed by atoms with E-state index in [1.807, 2.05) is 19.1 Å². The van der Waals surface area contributed by atoms with E-state index >= 15 is 0 Å². The summed E-state index contributed by atoms with van der Waals surface area (Å²) in [4.78, 5) is 15.8. The van der Waals surface area contributed by atoms with E-state index in [-0.39, 0.29) is 5.91 Å². The highest BCUT2D eigenvalue weighted by Gasteiger charge is 2.04. The van der Waals surface area contributed by atoms with Crippen LogP contribution in [0.5, 0.6) is 0 Å². The third-order valence-electron chi connectivity index (χ3n) is 3.41. The molecular weight excluding hydrogens is 318 g/mol. The minimum Gasteiger partial charge on any atom is -0.386 e. The van der Waals surface area contributed by atoms with Crippen LogP contribution in [0.4, 0.5) is 5.69 Å². The van der Waals surface area contributed by atoms with Crippen molar-refractivity contribution in [2.75, 3.05) is 13.1 Å². The molecule has 0 aromatic heterocycles. The molecule has 0 aliphatic heterocycles. The zero-order valence-corrected chi connectivity index (χ0v) is 15.0. The topological polar surface area (TPSA) is 53.5 Å². The number of hydrogen-bond acceptors (Lipinski definition) is 4. The summed E-state index contributed by atoms with van der Waals surface area (Å²) in [7, 11) is 0. The number of carbonyl (C=O) groups excluding carboxylic acids is 1. The number of rotatable bonds is 11. The van der Waals surface area contributed by atoms with Crippen molar-refractivity contribution in [3.05, 3.63) is 54.3 Å². The first-order chi connectivity index (χ1) is 11.7. The Hall–Kier alpha value is -2.23. The molecule has 0 saturated heterocycles. The standard InChI is InChI=1S/C19H25N3OS/c1-3-8-16(2)20-13-6-4-5-7-14-21-19(23)17-9-11-18(12-10-17)22-15-24/h3,8-12,20H,2,4-7,13-14H2,1H3,(H,21,23)/b8-3+. The van der Waals surface area contributed by atoms with Crippen LogP contribution in [-0.2, 0) is 0 Å². The van der Waals surface area contributed by atoms with Gasteiger partial charge in [0.25, 0.3) is 5.91 Å². The summed E-state index contributed by atoms with van der Waals surface area (Å²) in [5.41, 5.74) is 2.28. The third-order valence-corrected chi connectivity index (χ3v) is 3.50. The summed E-state index contributed by atoms with van der Waals surface area (Å²) in [6.07, 6.45) is 8.25. The maximum Gasteiger partial charge on any atom is 0.251 e. The van der Waals surface area contributed by atoms with E-state index < -0.39 is 0 Å². The highest BCUT2D eigenvalue weighted by atomic mass is 32.1. The summed E-state index contributed by atoms with van der Waals surface area (Å²) in [5, 5.41) is 8.49. The zero-order valence-electron chi connectivity index (χ0n) is 14.2. The van der Waals surface area contributed by atoms with Gasteiger partial charge in [0.2, 0.25) is 0 Å². The Bertz CT molecular complexity index is 602. The molecule has 0 fully saturated rings. The largest absolute Gasteiger partial charge is 0.386 e. The van der Waals surface area contributed by atoms with Crippen molar-refractivity contribution in [3.8, 4) is 0 Å². The van der Waals surface area contributed by atoms with Gasteiger partial charge in [-0.05, 0) is 62.3 Å². The molecular formula is C19H25N3OS. The second-order valence-electron chi connectivity index (χ2n) is 5.37. The second kappa shape index (κ2) is 12.2. The van der Waals surface area contributed by atoms with Gasteiger partial charge in [0, 0.05) is 24.4 Å². The lowest BCUT2D eigenvalue weighted by atomic mass is 10.1. The molecule has 128 valence electrons. The van der Waals surface area contributed by atoms with E-state index in [0.717, 1.165) is 37.9 Å². The average molecular weight is 343 g/mol. The number of unbranched alkanes of at least 4 members (excludes halogenated alkanes) is 3. The van der Waals surface area contributed by atoms with Crippen molar-refractivity contribution in [3.63, 3.8) is 0 Å². The van der Waals surface area contributed by atoms with Crippen molar-refractivity contribution in [2.24, 2.45) is 4.99 Å². The Morgan fingerprint density at radius 2 is 1.79 bits per heavy atom. The predicted molar refractivity (Wildman–Crippen MR) is 104 cm³/mol. The maximum absolute atomic E-state index is 12.0. The molecule has 0 bridgehead atoms. The van der Waals surface area contributed by atoms with Crippen LogP contribution in [0.25, 0.3) is 0 Å². The summed E-state index contributed by atoms with van der Waals surface area (Å²) in [6, 6.07) is 6.99. The van der Waals surface area contributed by atoms with Crippen LogP contribution in [0.3, 0.4) is 0 Å². The molecule has 4 nitrogen and oxygen atoms in total. The number of isothiocyanates is 1. The molecule has 1 rings (SSSR count). The number of aliphatic imine (C=N–C) groups is 1. The lowest BCUT2D eigenvalue weighted by Gasteiger charge is -2.07. The van der Waals surface area contributed by atoms with Gasteiger partial charge in [-0.1, -0.05) is 25.5 Å². The van der Waals surface area contributed by atoms with Crippen LogP contribution in [-0.4, -0.2) is 24.2 Å². The first-order valence-corrected chi connectivity index (χ1v) is 8.60. The molecule has 1 aromatic carbocycles. The normalized spacial score (nSPS) is 10.2. The van der Waals surface area contributed by atoms with Crippen molar-refractivity contribution in [2.45, 2.75) is 32.6 Å². The van der Waals surface area contributed by atoms with Crippen molar-refractivity contribution >= 4 is 29.0 Å². The lowest BCUT2D eigenvalue weighted by molar-refractivity contribution is 0.0953. The fraction of sp³-hybridized carbons (Fsp3) is 0.368. The Labute approximate surface area is 149 Å². The van der Waals surface area contributed by atoms with E-state index in [2.05, 4.69) is 39.6 Å². The third kappa shape index (κ3) is 8.42. The Morgan fingerprint density at radius 1 is 1.17 bits per heavy atom. The number of allylic oxidation sites excluding steroid dienone is 2. The molecule has 0 aliphatic carbocycles. The summed E-state index contributed by atoms with van der Waals surface area (Å²) in [5.74, 6) is -0.0581. The summed E-state index contributed by atoms with van der Waals surface area (Å²) in [6.45, 7) is 7.50. The number of hydrogen-bond donors (Lipinski definition) is 2. The number of nitrogens with zero attached hydrogens (tertiary/aromatic N) is 1. The van der Waals surface area contributed by atoms with Gasteiger partial charge in [-0.25, -0.2) is 0 Å². The van der Waals surface area contributed by atoms with Gasteiger partial charge in [0.05, 0.1) is 10.8 Å². The Balaban J connectivity index is 2.11. The number of benzene rings is 1. The van der Waals surface area contributed by atoms with Gasteiger partial charge >= 0.3 is 0 Å². The van der Waals surface area contributed by atoms with Crippen molar-refractivity contribution < 1.29 is 4.79 Å². The molecule has 2 N–H and O–H groups in total. The van der Waals surface area contributed by atoms with Crippen molar-refractivity contribution in [1.29, 1.82) is 0 Å². The van der Waals surface area contributed by atoms with Crippen LogP contribution in [0.1, 0.15) is 43.0 Å². The minimum absolute atomic E-state index is 0.0581. The first-order valence-electron chi connectivity index (χ1n) is 8.19. The minimum atomic E-state index is -0.0581. The smallest absolute Gasteiger partial charge is 0.251 e. The Kier molecular flexibility index (Phi) is 10.1. The van der Waals surface area contributed by atoms with E-state index in [0.29, 0.717) is 17.8 Å². The van der Waals surface area contributed by atoms with E-state index in [1.54, 1.807) is 24.3 Å². The SMILES string of the molecule is C=C(/C=C/C)NCCCCCCNC(=O)c1ccc(N=C=S)cc1. The van der Waals surface area contributed by atoms with Crippen molar-refractivity contribution in [1.82, 2.24) is 10.6 Å². The van der Waals surface area contributed by atoms with Gasteiger partial charge in [-0.2, -0.15) is 4.99 Å². The highest BCUT2D eigenvalue weighted by molar-refractivity contribution is 7.78. The lowest BCUT2D eigenvalue weighted by Crippen LogP contribution is -2.24. The summed E-state index contributed by atoms with van der Waals surface area (Å²) >= 11 is 4.54. The average Bonchev–Trinajstić information content (AvgIpc) is 2.58. The molecule has 0 saturated carbocycles. The molecule has 0 radical (unpaired) electrons. The van der Waals surface area contributed by atoms with Crippen LogP contribution < -0.4 is 10.6 Å². The molecule has 0 spiro atoms. The van der Waals surface area contributed by atoms with E-state index in [4.69, 9.17) is 0 Å². The molecule has 0 heterocycles. The molecule has 24 heavy (non-hydrogen) atoms. The molecule has 5 heteroatoms. The zero-order chi connectivity index (χ0) is 17.6. The van der Waals surface area contributed by atoms with Crippen LogP contribution in [0.2, 0.25) is 0 Å². The quantitative estimate of drug-likeness (QED) is 0.271. The monoisotopic (exact) mass is 343 g/mol. The van der Waals surface area contributed by atoms with E-state index in [9.17, 15) is 4.79 Å². The molecule has 1 amide bonds. The molecule has 0 unspecified atom stereocenters. The van der Waals surface area contributed by atoms with Gasteiger partial charge in [-0.3, -0.25) is 4.79 Å². The Morgan fingerprint density at radius 3 is 2.38 bits per heavy atom. The van der Waals surface area contributed by atoms with Gasteiger partial charge in [-0.15, -0.1) is 0 Å². The highest BCUT2D eigenvalue weighted by Crippen LogP contribution is 2.12. The molecule has 0 atom stereocenters. The van der Waals surface area contributed by atoms with Crippen LogP contribution in [0, 0.1) is 0 Å².